The van der Waals surface area contributed by atoms with E-state index < -0.39 is 10.0 Å². The van der Waals surface area contributed by atoms with E-state index in [9.17, 15) is 8.42 Å². The van der Waals surface area contributed by atoms with Crippen LogP contribution in [0.2, 0.25) is 0 Å². The Balaban J connectivity index is 2.36. The first-order valence-electron chi connectivity index (χ1n) is 6.66. The summed E-state index contributed by atoms with van der Waals surface area (Å²) in [4.78, 5) is 0.381. The average Bonchev–Trinajstić information content (AvgIpc) is 2.31. The Hall–Kier alpha value is -0.430. The van der Waals surface area contributed by atoms with Crippen LogP contribution in [0.25, 0.3) is 0 Å². The summed E-state index contributed by atoms with van der Waals surface area (Å²) in [6.07, 6.45) is 0.696. The zero-order valence-electron chi connectivity index (χ0n) is 12.1. The Labute approximate surface area is 129 Å². The smallest absolute Gasteiger partial charge is 0.243 e. The zero-order valence-corrected chi connectivity index (χ0v) is 14.5. The normalized spacial score (nSPS) is 23.8. The molecule has 0 aliphatic carbocycles. The van der Waals surface area contributed by atoms with Crippen molar-refractivity contribution in [2.24, 2.45) is 11.1 Å². The van der Waals surface area contributed by atoms with Gasteiger partial charge in [0.2, 0.25) is 10.0 Å². The molecule has 1 heterocycles. The molecule has 1 aromatic carbocycles. The van der Waals surface area contributed by atoms with Gasteiger partial charge in [0, 0.05) is 23.6 Å². The second kappa shape index (κ2) is 5.40. The molecule has 1 aliphatic rings. The highest BCUT2D eigenvalue weighted by atomic mass is 79.9. The fourth-order valence-corrected chi connectivity index (χ4v) is 4.88. The maximum absolute atomic E-state index is 12.8. The second-order valence-electron chi connectivity index (χ2n) is 6.13. The van der Waals surface area contributed by atoms with E-state index in [4.69, 9.17) is 5.73 Å². The van der Waals surface area contributed by atoms with Crippen LogP contribution in [0.15, 0.2) is 27.6 Å². The van der Waals surface area contributed by atoms with Gasteiger partial charge in [-0.15, -0.1) is 0 Å². The number of nitrogens with two attached hydrogens (primary N) is 1. The first-order chi connectivity index (χ1) is 9.14. The minimum absolute atomic E-state index is 0.0416. The number of sulfonamides is 1. The van der Waals surface area contributed by atoms with Gasteiger partial charge in [-0.2, -0.15) is 4.31 Å². The van der Waals surface area contributed by atoms with Gasteiger partial charge in [0.1, 0.15) is 0 Å². The summed E-state index contributed by atoms with van der Waals surface area (Å²) < 4.78 is 28.0. The molecular weight excluding hydrogens is 340 g/mol. The average molecular weight is 361 g/mol. The Kier molecular flexibility index (Phi) is 4.31. The Morgan fingerprint density at radius 3 is 2.60 bits per heavy atom. The van der Waals surface area contributed by atoms with Gasteiger partial charge in [-0.1, -0.05) is 29.8 Å². The van der Waals surface area contributed by atoms with Crippen LogP contribution < -0.4 is 5.73 Å². The Morgan fingerprint density at radius 1 is 1.40 bits per heavy atom. The van der Waals surface area contributed by atoms with Crippen LogP contribution in [-0.2, 0) is 10.0 Å². The minimum Gasteiger partial charge on any atom is -0.327 e. The molecule has 1 unspecified atom stereocenters. The molecule has 4 nitrogen and oxygen atoms in total. The quantitative estimate of drug-likeness (QED) is 0.880. The van der Waals surface area contributed by atoms with E-state index >= 15 is 0 Å². The van der Waals surface area contributed by atoms with Crippen LogP contribution in [0.1, 0.15) is 25.8 Å². The van der Waals surface area contributed by atoms with Crippen molar-refractivity contribution in [1.82, 2.24) is 4.31 Å². The van der Waals surface area contributed by atoms with Crippen LogP contribution in [0.3, 0.4) is 0 Å². The van der Waals surface area contributed by atoms with Crippen LogP contribution in [0.5, 0.6) is 0 Å². The second-order valence-corrected chi connectivity index (χ2v) is 8.95. The highest BCUT2D eigenvalue weighted by Crippen LogP contribution is 2.32. The molecular formula is C14H21BrN2O2S. The van der Waals surface area contributed by atoms with Crippen molar-refractivity contribution in [3.63, 3.8) is 0 Å². The largest absolute Gasteiger partial charge is 0.327 e. The fourth-order valence-electron chi connectivity index (χ4n) is 2.57. The predicted octanol–water partition coefficient (Wildman–Crippen LogP) is 2.51. The maximum atomic E-state index is 12.8. The summed E-state index contributed by atoms with van der Waals surface area (Å²) in [7, 11) is -3.45. The minimum atomic E-state index is -3.45. The first-order valence-corrected chi connectivity index (χ1v) is 8.90. The third-order valence-electron chi connectivity index (χ3n) is 4.03. The van der Waals surface area contributed by atoms with Gasteiger partial charge < -0.3 is 5.73 Å². The lowest BCUT2D eigenvalue weighted by Crippen LogP contribution is -2.53. The third kappa shape index (κ3) is 2.93. The van der Waals surface area contributed by atoms with Crippen molar-refractivity contribution in [2.45, 2.75) is 38.1 Å². The van der Waals surface area contributed by atoms with Crippen LogP contribution in [0.4, 0.5) is 0 Å². The molecule has 20 heavy (non-hydrogen) atoms. The van der Waals surface area contributed by atoms with Crippen molar-refractivity contribution in [3.8, 4) is 0 Å². The van der Waals surface area contributed by atoms with Crippen molar-refractivity contribution < 1.29 is 8.42 Å². The van der Waals surface area contributed by atoms with Gasteiger partial charge in [0.15, 0.2) is 0 Å². The van der Waals surface area contributed by atoms with Crippen LogP contribution in [0, 0.1) is 12.3 Å². The van der Waals surface area contributed by atoms with Gasteiger partial charge in [0.25, 0.3) is 0 Å². The van der Waals surface area contributed by atoms with Gasteiger partial charge in [-0.25, -0.2) is 8.42 Å². The number of aryl methyl sites for hydroxylation is 1. The molecule has 0 spiro atoms. The number of nitrogens with zero attached hydrogens (tertiary/aromatic N) is 1. The van der Waals surface area contributed by atoms with E-state index in [-0.39, 0.29) is 11.5 Å². The topological polar surface area (TPSA) is 63.4 Å². The van der Waals surface area contributed by atoms with Crippen molar-refractivity contribution in [3.05, 3.63) is 28.2 Å². The summed E-state index contributed by atoms with van der Waals surface area (Å²) in [6.45, 7) is 6.81. The molecule has 6 heteroatoms. The molecule has 0 saturated carbocycles. The lowest BCUT2D eigenvalue weighted by atomic mass is 9.81. The Bertz CT molecular complexity index is 614. The van der Waals surface area contributed by atoms with E-state index in [1.807, 2.05) is 26.8 Å². The fraction of sp³-hybridized carbons (Fsp3) is 0.571. The first kappa shape index (κ1) is 15.9. The SMILES string of the molecule is Cc1cc(Br)ccc1S(=O)(=O)N1CCC(N)C(C)(C)C1. The van der Waals surface area contributed by atoms with Crippen molar-refractivity contribution in [2.75, 3.05) is 13.1 Å². The molecule has 0 amide bonds. The third-order valence-corrected chi connectivity index (χ3v) is 6.53. The van der Waals surface area contributed by atoms with Crippen molar-refractivity contribution >= 4 is 26.0 Å². The molecule has 1 atom stereocenters. The van der Waals surface area contributed by atoms with E-state index in [2.05, 4.69) is 15.9 Å². The van der Waals surface area contributed by atoms with Gasteiger partial charge in [-0.05, 0) is 42.5 Å². The van der Waals surface area contributed by atoms with Crippen molar-refractivity contribution in [1.29, 1.82) is 0 Å². The number of piperidine rings is 1. The monoisotopic (exact) mass is 360 g/mol. The van der Waals surface area contributed by atoms with E-state index in [0.29, 0.717) is 24.4 Å². The van der Waals surface area contributed by atoms with Gasteiger partial charge in [0.05, 0.1) is 4.90 Å². The summed E-state index contributed by atoms with van der Waals surface area (Å²) in [5, 5.41) is 0. The molecule has 0 bridgehead atoms. The summed E-state index contributed by atoms with van der Waals surface area (Å²) >= 11 is 3.36. The standard InChI is InChI=1S/C14H21BrN2O2S/c1-10-8-11(15)4-5-12(10)20(18,19)17-7-6-13(16)14(2,3)9-17/h4-5,8,13H,6-7,9,16H2,1-3H3. The molecule has 0 radical (unpaired) electrons. The number of rotatable bonds is 2. The lowest BCUT2D eigenvalue weighted by Gasteiger charge is -2.41. The molecule has 0 aromatic heterocycles. The molecule has 2 N–H and O–H groups in total. The maximum Gasteiger partial charge on any atom is 0.243 e. The molecule has 2 rings (SSSR count). The molecule has 1 aromatic rings. The van der Waals surface area contributed by atoms with Crippen LogP contribution in [-0.4, -0.2) is 31.9 Å². The molecule has 112 valence electrons. The molecule has 1 fully saturated rings. The van der Waals surface area contributed by atoms with Crippen LogP contribution >= 0.6 is 15.9 Å². The number of halogens is 1. The Morgan fingerprint density at radius 2 is 2.05 bits per heavy atom. The van der Waals surface area contributed by atoms with E-state index in [1.165, 1.54) is 0 Å². The number of hydrogen-bond donors (Lipinski definition) is 1. The van der Waals surface area contributed by atoms with E-state index in [1.54, 1.807) is 16.4 Å². The van der Waals surface area contributed by atoms with E-state index in [0.717, 1.165) is 10.0 Å². The lowest BCUT2D eigenvalue weighted by molar-refractivity contribution is 0.155. The number of hydrogen-bond acceptors (Lipinski definition) is 3. The highest BCUT2D eigenvalue weighted by Gasteiger charge is 2.39. The summed E-state index contributed by atoms with van der Waals surface area (Å²) in [5.74, 6) is 0. The van der Waals surface area contributed by atoms with Gasteiger partial charge >= 0.3 is 0 Å². The summed E-state index contributed by atoms with van der Waals surface area (Å²) in [5.41, 5.74) is 6.64. The highest BCUT2D eigenvalue weighted by molar-refractivity contribution is 9.10. The zero-order chi connectivity index (χ0) is 15.1. The molecule has 1 aliphatic heterocycles. The van der Waals surface area contributed by atoms with Gasteiger partial charge in [-0.3, -0.25) is 0 Å². The summed E-state index contributed by atoms with van der Waals surface area (Å²) in [6, 6.07) is 5.30. The number of benzene rings is 1. The molecule has 1 saturated heterocycles. The predicted molar refractivity (Wildman–Crippen MR) is 84.0 cm³/mol.